The Kier molecular flexibility index (Phi) is 6.82. The van der Waals surface area contributed by atoms with Gasteiger partial charge in [-0.3, -0.25) is 0 Å². The van der Waals surface area contributed by atoms with Crippen molar-refractivity contribution in [2.24, 2.45) is 52.3 Å². The van der Waals surface area contributed by atoms with Gasteiger partial charge in [-0.15, -0.1) is 4.39 Å². The van der Waals surface area contributed by atoms with E-state index < -0.39 is 6.22 Å². The van der Waals surface area contributed by atoms with Gasteiger partial charge in [0.05, 0.1) is 0 Å². The quantitative estimate of drug-likeness (QED) is 0.391. The lowest BCUT2D eigenvalue weighted by Gasteiger charge is -2.61. The first-order valence-electron chi connectivity index (χ1n) is 13.5. The highest BCUT2D eigenvalue weighted by molar-refractivity contribution is 5.58. The van der Waals surface area contributed by atoms with E-state index in [9.17, 15) is 9.18 Å². The number of rotatable bonds is 6. The third kappa shape index (κ3) is 4.33. The van der Waals surface area contributed by atoms with Crippen LogP contribution in [0.2, 0.25) is 0 Å². The van der Waals surface area contributed by atoms with Crippen molar-refractivity contribution >= 4 is 6.22 Å². The molecule has 0 radical (unpaired) electrons. The van der Waals surface area contributed by atoms with Crippen LogP contribution in [0.15, 0.2) is 0 Å². The summed E-state index contributed by atoms with van der Waals surface area (Å²) in [6.07, 6.45) is 13.5. The number of carbonyl (C=O) groups excluding carboxylic acids is 1. The Hall–Kier alpha value is -0.600. The van der Waals surface area contributed by atoms with Gasteiger partial charge < -0.3 is 4.74 Å². The summed E-state index contributed by atoms with van der Waals surface area (Å²) in [7, 11) is 0. The SMILES string of the molecule is CC(C)CCC[C@@H](C)[C@H]1CC[C@H]2[C@@H]3CC[C@H]4C[C@@H](OC(=O)F)CC[C@]4(C)[C@@H]3CC[C@]12C. The molecule has 0 aliphatic heterocycles. The van der Waals surface area contributed by atoms with Crippen molar-refractivity contribution in [3.63, 3.8) is 0 Å². The topological polar surface area (TPSA) is 26.3 Å². The van der Waals surface area contributed by atoms with Gasteiger partial charge in [-0.05, 0) is 110 Å². The summed E-state index contributed by atoms with van der Waals surface area (Å²) >= 11 is 0. The molecule has 0 aromatic heterocycles. The summed E-state index contributed by atoms with van der Waals surface area (Å²) in [5, 5.41) is 0. The van der Waals surface area contributed by atoms with Crippen molar-refractivity contribution in [1.82, 2.24) is 0 Å². The van der Waals surface area contributed by atoms with Crippen LogP contribution in [0.1, 0.15) is 112 Å². The molecular weight excluding hydrogens is 387 g/mol. The van der Waals surface area contributed by atoms with E-state index in [1.165, 1.54) is 57.8 Å². The van der Waals surface area contributed by atoms with E-state index in [1.807, 2.05) is 0 Å². The van der Waals surface area contributed by atoms with Crippen LogP contribution in [0.5, 0.6) is 0 Å². The molecule has 3 heteroatoms. The second-order valence-electron chi connectivity index (χ2n) is 12.9. The average molecular weight is 435 g/mol. The third-order valence-electron chi connectivity index (χ3n) is 11.1. The van der Waals surface area contributed by atoms with E-state index in [4.69, 9.17) is 4.74 Å². The lowest BCUT2D eigenvalue weighted by atomic mass is 9.44. The standard InChI is InChI=1S/C28H47FO2/c1-18(2)7-6-8-19(3)23-11-12-24-22-10-9-20-17-21(31-26(29)30)13-15-27(20,4)25(22)14-16-28(23,24)5/h18-25H,6-17H2,1-5H3/t19-,20+,21+,22+,23-,24+,25-,27+,28-/m1/s1. The molecule has 4 saturated carbocycles. The molecule has 4 rings (SSSR count). The lowest BCUT2D eigenvalue weighted by Crippen LogP contribution is -2.54. The predicted molar refractivity (Wildman–Crippen MR) is 124 cm³/mol. The summed E-state index contributed by atoms with van der Waals surface area (Å²) < 4.78 is 17.8. The molecule has 0 aromatic rings. The number of hydrogen-bond donors (Lipinski definition) is 0. The van der Waals surface area contributed by atoms with Gasteiger partial charge in [0.15, 0.2) is 0 Å². The Morgan fingerprint density at radius 2 is 1.65 bits per heavy atom. The summed E-state index contributed by atoms with van der Waals surface area (Å²) in [5.74, 6) is 5.81. The maximum atomic E-state index is 12.8. The molecule has 9 atom stereocenters. The van der Waals surface area contributed by atoms with Crippen molar-refractivity contribution in [3.8, 4) is 0 Å². The molecule has 0 unspecified atom stereocenters. The Labute approximate surface area is 190 Å². The number of ether oxygens (including phenoxy) is 1. The maximum absolute atomic E-state index is 12.8. The van der Waals surface area contributed by atoms with Gasteiger partial charge in [0, 0.05) is 0 Å². The monoisotopic (exact) mass is 434 g/mol. The molecule has 31 heavy (non-hydrogen) atoms. The maximum Gasteiger partial charge on any atom is 0.495 e. The number of hydrogen-bond acceptors (Lipinski definition) is 2. The molecule has 4 aliphatic carbocycles. The van der Waals surface area contributed by atoms with Crippen LogP contribution >= 0.6 is 0 Å². The molecule has 0 spiro atoms. The van der Waals surface area contributed by atoms with Gasteiger partial charge in [-0.2, -0.15) is 0 Å². The summed E-state index contributed by atoms with van der Waals surface area (Å²) in [5.41, 5.74) is 0.910. The zero-order valence-corrected chi connectivity index (χ0v) is 20.8. The van der Waals surface area contributed by atoms with Gasteiger partial charge in [0.1, 0.15) is 6.10 Å². The van der Waals surface area contributed by atoms with Crippen LogP contribution in [0.3, 0.4) is 0 Å². The molecule has 0 N–H and O–H groups in total. The zero-order chi connectivity index (χ0) is 22.4. The molecule has 0 bridgehead atoms. The predicted octanol–water partition coefficient (Wildman–Crippen LogP) is 8.58. The number of halogens is 1. The normalized spacial score (nSPS) is 45.5. The first-order chi connectivity index (χ1) is 14.6. The first kappa shape index (κ1) is 23.6. The molecular formula is C28H47FO2. The smallest absolute Gasteiger partial charge is 0.437 e. The van der Waals surface area contributed by atoms with E-state index in [2.05, 4.69) is 34.6 Å². The van der Waals surface area contributed by atoms with E-state index in [1.54, 1.807) is 0 Å². The summed E-state index contributed by atoms with van der Waals surface area (Å²) in [6, 6.07) is 0. The Balaban J connectivity index is 1.43. The number of fused-ring (bicyclic) bond motifs is 5. The van der Waals surface area contributed by atoms with E-state index in [0.29, 0.717) is 16.7 Å². The molecule has 0 amide bonds. The molecule has 0 saturated heterocycles. The highest BCUT2D eigenvalue weighted by Crippen LogP contribution is 2.68. The lowest BCUT2D eigenvalue weighted by molar-refractivity contribution is -0.130. The van der Waals surface area contributed by atoms with Crippen LogP contribution < -0.4 is 0 Å². The minimum atomic E-state index is -1.59. The summed E-state index contributed by atoms with van der Waals surface area (Å²) in [6.45, 7) is 12.5. The van der Waals surface area contributed by atoms with E-state index >= 15 is 0 Å². The van der Waals surface area contributed by atoms with E-state index in [-0.39, 0.29) is 6.10 Å². The molecule has 4 fully saturated rings. The zero-order valence-electron chi connectivity index (χ0n) is 20.8. The fourth-order valence-electron chi connectivity index (χ4n) is 9.48. The second kappa shape index (κ2) is 8.98. The molecule has 2 nitrogen and oxygen atoms in total. The van der Waals surface area contributed by atoms with Crippen LogP contribution in [0.4, 0.5) is 9.18 Å². The Morgan fingerprint density at radius 1 is 0.935 bits per heavy atom. The first-order valence-corrected chi connectivity index (χ1v) is 13.5. The van der Waals surface area contributed by atoms with Gasteiger partial charge in [0.2, 0.25) is 0 Å². The molecule has 4 aliphatic rings. The van der Waals surface area contributed by atoms with Crippen LogP contribution in [0.25, 0.3) is 0 Å². The van der Waals surface area contributed by atoms with E-state index in [0.717, 1.165) is 54.8 Å². The fraction of sp³-hybridized carbons (Fsp3) is 0.964. The highest BCUT2D eigenvalue weighted by Gasteiger charge is 2.60. The van der Waals surface area contributed by atoms with Gasteiger partial charge in [-0.1, -0.05) is 53.9 Å². The molecule has 0 aromatic carbocycles. The Bertz CT molecular complexity index is 647. The minimum absolute atomic E-state index is 0.191. The minimum Gasteiger partial charge on any atom is -0.437 e. The second-order valence-corrected chi connectivity index (χ2v) is 12.9. The van der Waals surface area contributed by atoms with Gasteiger partial charge >= 0.3 is 6.22 Å². The van der Waals surface area contributed by atoms with Crippen molar-refractivity contribution in [3.05, 3.63) is 0 Å². The molecule has 178 valence electrons. The van der Waals surface area contributed by atoms with Gasteiger partial charge in [-0.25, -0.2) is 4.79 Å². The third-order valence-corrected chi connectivity index (χ3v) is 11.1. The van der Waals surface area contributed by atoms with Crippen molar-refractivity contribution in [2.75, 3.05) is 0 Å². The largest absolute Gasteiger partial charge is 0.495 e. The molecule has 0 heterocycles. The number of carbonyl (C=O) groups is 1. The Morgan fingerprint density at radius 3 is 2.35 bits per heavy atom. The van der Waals surface area contributed by atoms with Gasteiger partial charge in [0.25, 0.3) is 0 Å². The van der Waals surface area contributed by atoms with Crippen molar-refractivity contribution in [2.45, 2.75) is 118 Å². The fourth-order valence-corrected chi connectivity index (χ4v) is 9.48. The summed E-state index contributed by atoms with van der Waals surface area (Å²) in [4.78, 5) is 10.8. The van der Waals surface area contributed by atoms with Crippen molar-refractivity contribution in [1.29, 1.82) is 0 Å². The van der Waals surface area contributed by atoms with Crippen LogP contribution in [-0.2, 0) is 4.74 Å². The van der Waals surface area contributed by atoms with Crippen LogP contribution in [0, 0.1) is 52.3 Å². The van der Waals surface area contributed by atoms with Crippen LogP contribution in [-0.4, -0.2) is 12.3 Å². The highest BCUT2D eigenvalue weighted by atomic mass is 19.1. The van der Waals surface area contributed by atoms with Crippen molar-refractivity contribution < 1.29 is 13.9 Å². The average Bonchev–Trinajstić information content (AvgIpc) is 3.05.